The van der Waals surface area contributed by atoms with Crippen LogP contribution in [0.2, 0.25) is 0 Å². The summed E-state index contributed by atoms with van der Waals surface area (Å²) in [5.74, 6) is 0. The van der Waals surface area contributed by atoms with E-state index < -0.39 is 0 Å². The van der Waals surface area contributed by atoms with Crippen molar-refractivity contribution in [2.75, 3.05) is 13.2 Å². The van der Waals surface area contributed by atoms with Gasteiger partial charge < -0.3 is 9.84 Å². The van der Waals surface area contributed by atoms with Crippen LogP contribution in [0.25, 0.3) is 0 Å². The van der Waals surface area contributed by atoms with Gasteiger partial charge >= 0.3 is 0 Å². The number of aliphatic hydroxyl groups excluding tert-OH is 1. The maximum absolute atomic E-state index is 8.48. The molecule has 2 unspecified atom stereocenters. The first kappa shape index (κ1) is 6.39. The lowest BCUT2D eigenvalue weighted by atomic mass is 10.2. The van der Waals surface area contributed by atoms with Gasteiger partial charge in [0.25, 0.3) is 0 Å². The van der Waals surface area contributed by atoms with E-state index >= 15 is 0 Å². The highest BCUT2D eigenvalue weighted by Gasteiger charge is 2.24. The Kier molecular flexibility index (Phi) is 2.16. The lowest BCUT2D eigenvalue weighted by molar-refractivity contribution is 0.280. The van der Waals surface area contributed by atoms with Gasteiger partial charge in [0.15, 0.2) is 0 Å². The first-order valence-electron chi connectivity index (χ1n) is 2.73. The molecule has 0 saturated carbocycles. The van der Waals surface area contributed by atoms with Crippen molar-refractivity contribution < 1.29 is 9.84 Å². The van der Waals surface area contributed by atoms with Gasteiger partial charge in [-0.2, -0.15) is 12.6 Å². The van der Waals surface area contributed by atoms with E-state index in [1.165, 1.54) is 0 Å². The standard InChI is InChI=1S/C5H10O2S/c6-2-5(8)1-4-3-7-4/h4-6,8H,1-3H2. The first-order valence-corrected chi connectivity index (χ1v) is 3.25. The zero-order valence-corrected chi connectivity index (χ0v) is 5.47. The molecule has 0 aliphatic carbocycles. The second kappa shape index (κ2) is 2.71. The molecule has 0 radical (unpaired) electrons. The predicted octanol–water partition coefficient (Wildman–Crippen LogP) is 0.0660. The maximum Gasteiger partial charge on any atom is 0.0821 e. The van der Waals surface area contributed by atoms with Gasteiger partial charge in [0.1, 0.15) is 0 Å². The van der Waals surface area contributed by atoms with Gasteiger partial charge in [-0.25, -0.2) is 0 Å². The van der Waals surface area contributed by atoms with Crippen LogP contribution < -0.4 is 0 Å². The molecule has 1 N–H and O–H groups in total. The minimum Gasteiger partial charge on any atom is -0.395 e. The second-order valence-electron chi connectivity index (χ2n) is 2.03. The quantitative estimate of drug-likeness (QED) is 0.423. The lowest BCUT2D eigenvalue weighted by Crippen LogP contribution is -2.07. The second-order valence-corrected chi connectivity index (χ2v) is 2.76. The van der Waals surface area contributed by atoms with E-state index in [1.54, 1.807) is 0 Å². The number of aliphatic hydroxyl groups is 1. The summed E-state index contributed by atoms with van der Waals surface area (Å²) < 4.78 is 4.92. The van der Waals surface area contributed by atoms with Crippen LogP contribution in [0.5, 0.6) is 0 Å². The predicted molar refractivity (Wildman–Crippen MR) is 34.2 cm³/mol. The zero-order chi connectivity index (χ0) is 5.98. The molecule has 0 bridgehead atoms. The Morgan fingerprint density at radius 2 is 2.50 bits per heavy atom. The summed E-state index contributed by atoms with van der Waals surface area (Å²) >= 11 is 4.08. The molecule has 1 aliphatic rings. The van der Waals surface area contributed by atoms with E-state index in [0.717, 1.165) is 13.0 Å². The molecule has 8 heavy (non-hydrogen) atoms. The van der Waals surface area contributed by atoms with Gasteiger partial charge in [0.2, 0.25) is 0 Å². The van der Waals surface area contributed by atoms with Crippen LogP contribution in [0, 0.1) is 0 Å². The van der Waals surface area contributed by atoms with E-state index in [1.807, 2.05) is 0 Å². The summed E-state index contributed by atoms with van der Waals surface area (Å²) in [5, 5.41) is 8.59. The molecule has 0 spiro atoms. The molecule has 0 aromatic heterocycles. The van der Waals surface area contributed by atoms with Crippen molar-refractivity contribution in [3.05, 3.63) is 0 Å². The number of ether oxygens (including phenoxy) is 1. The molecular weight excluding hydrogens is 124 g/mol. The summed E-state index contributed by atoms with van der Waals surface area (Å²) in [6.07, 6.45) is 1.28. The van der Waals surface area contributed by atoms with Crippen molar-refractivity contribution in [2.24, 2.45) is 0 Å². The fourth-order valence-corrected chi connectivity index (χ4v) is 0.817. The average molecular weight is 134 g/mol. The van der Waals surface area contributed by atoms with Crippen LogP contribution in [0.1, 0.15) is 6.42 Å². The summed E-state index contributed by atoms with van der Waals surface area (Å²) in [6, 6.07) is 0. The Morgan fingerprint density at radius 3 is 2.88 bits per heavy atom. The van der Waals surface area contributed by atoms with Crippen molar-refractivity contribution in [2.45, 2.75) is 17.8 Å². The van der Waals surface area contributed by atoms with Gasteiger partial charge in [-0.3, -0.25) is 0 Å². The molecule has 2 nitrogen and oxygen atoms in total. The normalized spacial score (nSPS) is 30.0. The molecule has 0 amide bonds. The van der Waals surface area contributed by atoms with Gasteiger partial charge in [-0.1, -0.05) is 0 Å². The number of hydrogen-bond donors (Lipinski definition) is 2. The molecule has 1 rings (SSSR count). The molecule has 3 heteroatoms. The fraction of sp³-hybridized carbons (Fsp3) is 1.00. The Bertz CT molecular complexity index is 72.8. The van der Waals surface area contributed by atoms with Crippen molar-refractivity contribution >= 4 is 12.6 Å². The van der Waals surface area contributed by atoms with Crippen LogP contribution >= 0.6 is 12.6 Å². The smallest absolute Gasteiger partial charge is 0.0821 e. The van der Waals surface area contributed by atoms with E-state index in [0.29, 0.717) is 6.10 Å². The van der Waals surface area contributed by atoms with Crippen LogP contribution in [-0.4, -0.2) is 29.7 Å². The summed E-state index contributed by atoms with van der Waals surface area (Å²) in [4.78, 5) is 0. The largest absolute Gasteiger partial charge is 0.395 e. The minimum atomic E-state index is 0.113. The van der Waals surface area contributed by atoms with E-state index in [2.05, 4.69) is 12.6 Å². The maximum atomic E-state index is 8.48. The van der Waals surface area contributed by atoms with Crippen LogP contribution in [0.4, 0.5) is 0 Å². The molecule has 1 aliphatic heterocycles. The highest BCUT2D eigenvalue weighted by Crippen LogP contribution is 2.17. The molecule has 1 heterocycles. The first-order chi connectivity index (χ1) is 3.83. The monoisotopic (exact) mass is 134 g/mol. The molecule has 1 fully saturated rings. The number of epoxide rings is 1. The number of thiol groups is 1. The Hall–Kier alpha value is 0.270. The molecule has 48 valence electrons. The average Bonchev–Trinajstić information content (AvgIpc) is 2.50. The van der Waals surface area contributed by atoms with Crippen LogP contribution in [-0.2, 0) is 4.74 Å². The molecular formula is C5H10O2S. The highest BCUT2D eigenvalue weighted by atomic mass is 32.1. The highest BCUT2D eigenvalue weighted by molar-refractivity contribution is 7.81. The van der Waals surface area contributed by atoms with E-state index in [-0.39, 0.29) is 11.9 Å². The fourth-order valence-electron chi connectivity index (χ4n) is 0.582. The van der Waals surface area contributed by atoms with Crippen LogP contribution in [0.3, 0.4) is 0 Å². The Morgan fingerprint density at radius 1 is 1.88 bits per heavy atom. The summed E-state index contributed by atoms with van der Waals surface area (Å²) in [5.41, 5.74) is 0. The zero-order valence-electron chi connectivity index (χ0n) is 4.58. The van der Waals surface area contributed by atoms with Gasteiger partial charge in [0, 0.05) is 5.25 Å². The third kappa shape index (κ3) is 2.03. The van der Waals surface area contributed by atoms with Crippen LogP contribution in [0.15, 0.2) is 0 Å². The number of hydrogen-bond acceptors (Lipinski definition) is 3. The van der Waals surface area contributed by atoms with Gasteiger partial charge in [0.05, 0.1) is 19.3 Å². The van der Waals surface area contributed by atoms with E-state index in [9.17, 15) is 0 Å². The summed E-state index contributed by atoms with van der Waals surface area (Å²) in [6.45, 7) is 1.01. The lowest BCUT2D eigenvalue weighted by Gasteiger charge is -2.00. The third-order valence-corrected chi connectivity index (χ3v) is 1.52. The van der Waals surface area contributed by atoms with Gasteiger partial charge in [-0.15, -0.1) is 0 Å². The van der Waals surface area contributed by atoms with Crippen molar-refractivity contribution in [1.29, 1.82) is 0 Å². The van der Waals surface area contributed by atoms with Crippen molar-refractivity contribution in [3.63, 3.8) is 0 Å². The molecule has 2 atom stereocenters. The van der Waals surface area contributed by atoms with Gasteiger partial charge in [-0.05, 0) is 6.42 Å². The SMILES string of the molecule is OCC(S)CC1CO1. The van der Waals surface area contributed by atoms with Crippen molar-refractivity contribution in [3.8, 4) is 0 Å². The minimum absolute atomic E-state index is 0.113. The topological polar surface area (TPSA) is 32.8 Å². The Labute approximate surface area is 54.3 Å². The van der Waals surface area contributed by atoms with E-state index in [4.69, 9.17) is 9.84 Å². The molecule has 0 aromatic carbocycles. The molecule has 0 aromatic rings. The third-order valence-electron chi connectivity index (χ3n) is 1.15. The summed E-state index contributed by atoms with van der Waals surface area (Å²) in [7, 11) is 0. The van der Waals surface area contributed by atoms with Crippen molar-refractivity contribution in [1.82, 2.24) is 0 Å². The molecule has 1 saturated heterocycles. The Balaban J connectivity index is 1.98. The number of rotatable bonds is 3.